The largest absolute Gasteiger partial charge is 0.468 e. The Hall–Kier alpha value is -3.24. The Labute approximate surface area is 174 Å². The standard InChI is InChI=1S/C20H16F2N2O5S/c1-28-19(26)15(23)8-11-6-13(21)17(14(22)7-11)29-12-4-2-10(3-5-12)9-16-18(25)24-20(27)30-16/h2-7,9,15H,8,23H2,1H3,(H,24,25,27)/b16-9+. The van der Waals surface area contributed by atoms with Crippen LogP contribution in [0.15, 0.2) is 41.3 Å². The van der Waals surface area contributed by atoms with Crippen molar-refractivity contribution < 1.29 is 32.6 Å². The first-order valence-corrected chi connectivity index (χ1v) is 9.42. The van der Waals surface area contributed by atoms with Crippen molar-refractivity contribution in [2.45, 2.75) is 12.5 Å². The molecule has 0 radical (unpaired) electrons. The van der Waals surface area contributed by atoms with E-state index < -0.39 is 40.5 Å². The number of benzene rings is 2. The molecule has 2 aromatic rings. The Morgan fingerprint density at radius 3 is 2.37 bits per heavy atom. The number of thioether (sulfide) groups is 1. The van der Waals surface area contributed by atoms with Gasteiger partial charge in [0.25, 0.3) is 11.1 Å². The maximum Gasteiger partial charge on any atom is 0.322 e. The van der Waals surface area contributed by atoms with Crippen LogP contribution in [-0.2, 0) is 20.7 Å². The van der Waals surface area contributed by atoms with Gasteiger partial charge in [-0.2, -0.15) is 0 Å². The molecule has 30 heavy (non-hydrogen) atoms. The molecule has 1 atom stereocenters. The number of imide groups is 1. The average molecular weight is 434 g/mol. The van der Waals surface area contributed by atoms with Gasteiger partial charge in [-0.1, -0.05) is 12.1 Å². The Balaban J connectivity index is 1.73. The molecule has 1 unspecified atom stereocenters. The average Bonchev–Trinajstić information content (AvgIpc) is 3.02. The lowest BCUT2D eigenvalue weighted by Gasteiger charge is -2.12. The van der Waals surface area contributed by atoms with Crippen LogP contribution >= 0.6 is 11.8 Å². The van der Waals surface area contributed by atoms with Crippen molar-refractivity contribution in [3.8, 4) is 11.5 Å². The first-order valence-electron chi connectivity index (χ1n) is 8.61. The van der Waals surface area contributed by atoms with Crippen LogP contribution < -0.4 is 15.8 Å². The van der Waals surface area contributed by atoms with Crippen molar-refractivity contribution in [1.82, 2.24) is 5.32 Å². The van der Waals surface area contributed by atoms with E-state index in [1.165, 1.54) is 25.3 Å². The lowest BCUT2D eigenvalue weighted by molar-refractivity contribution is -0.142. The lowest BCUT2D eigenvalue weighted by atomic mass is 10.1. The summed E-state index contributed by atoms with van der Waals surface area (Å²) in [5.74, 6) is -3.52. The molecule has 0 aliphatic carbocycles. The molecule has 156 valence electrons. The number of ether oxygens (including phenoxy) is 2. The first kappa shape index (κ1) is 21.5. The normalized spacial score (nSPS) is 15.8. The highest BCUT2D eigenvalue weighted by molar-refractivity contribution is 8.18. The summed E-state index contributed by atoms with van der Waals surface area (Å²) in [6.45, 7) is 0. The van der Waals surface area contributed by atoms with Crippen LogP contribution in [0.1, 0.15) is 11.1 Å². The van der Waals surface area contributed by atoms with Gasteiger partial charge < -0.3 is 15.2 Å². The number of esters is 1. The van der Waals surface area contributed by atoms with Crippen molar-refractivity contribution in [3.63, 3.8) is 0 Å². The molecule has 3 N–H and O–H groups in total. The zero-order chi connectivity index (χ0) is 21.8. The summed E-state index contributed by atoms with van der Waals surface area (Å²) in [6, 6.07) is 7.09. The summed E-state index contributed by atoms with van der Waals surface area (Å²) in [7, 11) is 1.17. The Morgan fingerprint density at radius 2 is 1.83 bits per heavy atom. The second kappa shape index (κ2) is 9.06. The lowest BCUT2D eigenvalue weighted by Crippen LogP contribution is -2.33. The first-order chi connectivity index (χ1) is 14.3. The SMILES string of the molecule is COC(=O)C(N)Cc1cc(F)c(Oc2ccc(/C=C3/SC(=O)NC3=O)cc2)c(F)c1. The maximum absolute atomic E-state index is 14.3. The van der Waals surface area contributed by atoms with Crippen LogP contribution in [0.3, 0.4) is 0 Å². The molecule has 7 nitrogen and oxygen atoms in total. The number of rotatable bonds is 6. The molecule has 0 bridgehead atoms. The highest BCUT2D eigenvalue weighted by Crippen LogP contribution is 2.30. The summed E-state index contributed by atoms with van der Waals surface area (Å²) in [6.07, 6.45) is 1.41. The van der Waals surface area contributed by atoms with E-state index in [-0.39, 0.29) is 22.6 Å². The van der Waals surface area contributed by atoms with E-state index >= 15 is 0 Å². The van der Waals surface area contributed by atoms with Crippen LogP contribution in [0.2, 0.25) is 0 Å². The molecule has 2 aromatic carbocycles. The fourth-order valence-electron chi connectivity index (χ4n) is 2.64. The van der Waals surface area contributed by atoms with E-state index in [1.807, 2.05) is 0 Å². The van der Waals surface area contributed by atoms with Gasteiger partial charge in [0.1, 0.15) is 11.8 Å². The molecule has 0 aromatic heterocycles. The number of carbonyl (C=O) groups excluding carboxylic acids is 3. The third-order valence-corrected chi connectivity index (χ3v) is 4.87. The van der Waals surface area contributed by atoms with Gasteiger partial charge >= 0.3 is 5.97 Å². The molecule has 1 aliphatic heterocycles. The van der Waals surface area contributed by atoms with Crippen LogP contribution in [0.25, 0.3) is 6.08 Å². The van der Waals surface area contributed by atoms with Crippen LogP contribution in [0, 0.1) is 11.6 Å². The maximum atomic E-state index is 14.3. The summed E-state index contributed by atoms with van der Waals surface area (Å²) in [4.78, 5) is 34.3. The number of amides is 2. The number of hydrogen-bond donors (Lipinski definition) is 2. The molecule has 0 saturated carbocycles. The second-order valence-corrected chi connectivity index (χ2v) is 7.26. The van der Waals surface area contributed by atoms with Gasteiger partial charge in [0.05, 0.1) is 12.0 Å². The molecular weight excluding hydrogens is 418 g/mol. The highest BCUT2D eigenvalue weighted by atomic mass is 32.2. The molecule has 1 fully saturated rings. The van der Waals surface area contributed by atoms with E-state index in [2.05, 4.69) is 10.1 Å². The number of carbonyl (C=O) groups is 3. The Morgan fingerprint density at radius 1 is 1.20 bits per heavy atom. The third-order valence-electron chi connectivity index (χ3n) is 4.06. The molecule has 1 saturated heterocycles. The highest BCUT2D eigenvalue weighted by Gasteiger charge is 2.25. The minimum absolute atomic E-state index is 0.0990. The van der Waals surface area contributed by atoms with Gasteiger partial charge in [-0.05, 0) is 59.7 Å². The second-order valence-electron chi connectivity index (χ2n) is 6.25. The predicted molar refractivity (Wildman–Crippen MR) is 106 cm³/mol. The summed E-state index contributed by atoms with van der Waals surface area (Å²) in [5.41, 5.74) is 6.39. The fourth-order valence-corrected chi connectivity index (χ4v) is 3.32. The molecule has 0 spiro atoms. The predicted octanol–water partition coefficient (Wildman–Crippen LogP) is 3.12. The van der Waals surface area contributed by atoms with Gasteiger partial charge in [-0.15, -0.1) is 0 Å². The van der Waals surface area contributed by atoms with Gasteiger partial charge in [0.2, 0.25) is 0 Å². The van der Waals surface area contributed by atoms with Crippen LogP contribution in [0.4, 0.5) is 13.6 Å². The van der Waals surface area contributed by atoms with E-state index in [0.717, 1.165) is 23.9 Å². The van der Waals surface area contributed by atoms with Gasteiger partial charge in [0, 0.05) is 0 Å². The number of methoxy groups -OCH3 is 1. The van der Waals surface area contributed by atoms with E-state index in [1.54, 1.807) is 12.1 Å². The fraction of sp³-hybridized carbons (Fsp3) is 0.150. The molecule has 1 heterocycles. The van der Waals surface area contributed by atoms with Crippen molar-refractivity contribution in [2.24, 2.45) is 5.73 Å². The van der Waals surface area contributed by atoms with Crippen molar-refractivity contribution in [2.75, 3.05) is 7.11 Å². The van der Waals surface area contributed by atoms with Gasteiger partial charge in [0.15, 0.2) is 17.4 Å². The third kappa shape index (κ3) is 5.02. The number of hydrogen-bond acceptors (Lipinski definition) is 7. The molecule has 10 heteroatoms. The zero-order valence-corrected chi connectivity index (χ0v) is 16.4. The quantitative estimate of drug-likeness (QED) is 0.531. The smallest absolute Gasteiger partial charge is 0.322 e. The molecule has 2 amide bonds. The number of nitrogens with two attached hydrogens (primary N) is 1. The molecule has 1 aliphatic rings. The number of nitrogens with one attached hydrogen (secondary N) is 1. The molecular formula is C20H16F2N2O5S. The van der Waals surface area contributed by atoms with E-state index in [4.69, 9.17) is 10.5 Å². The number of halogens is 2. The zero-order valence-electron chi connectivity index (χ0n) is 15.6. The Kier molecular flexibility index (Phi) is 6.48. The van der Waals surface area contributed by atoms with E-state index in [9.17, 15) is 23.2 Å². The monoisotopic (exact) mass is 434 g/mol. The van der Waals surface area contributed by atoms with Crippen LogP contribution in [0.5, 0.6) is 11.5 Å². The van der Waals surface area contributed by atoms with Crippen LogP contribution in [-0.4, -0.2) is 30.3 Å². The molecule has 3 rings (SSSR count). The summed E-state index contributed by atoms with van der Waals surface area (Å²) < 4.78 is 38.5. The van der Waals surface area contributed by atoms with Crippen molar-refractivity contribution in [1.29, 1.82) is 0 Å². The van der Waals surface area contributed by atoms with Crippen molar-refractivity contribution >= 4 is 35.0 Å². The van der Waals surface area contributed by atoms with E-state index in [0.29, 0.717) is 5.56 Å². The topological polar surface area (TPSA) is 108 Å². The summed E-state index contributed by atoms with van der Waals surface area (Å²) >= 11 is 0.781. The van der Waals surface area contributed by atoms with Gasteiger partial charge in [-0.25, -0.2) is 8.78 Å². The minimum Gasteiger partial charge on any atom is -0.468 e. The van der Waals surface area contributed by atoms with Crippen molar-refractivity contribution in [3.05, 3.63) is 64.1 Å². The Bertz CT molecular complexity index is 1020. The van der Waals surface area contributed by atoms with Gasteiger partial charge in [-0.3, -0.25) is 19.7 Å². The minimum atomic E-state index is -1.04. The summed E-state index contributed by atoms with van der Waals surface area (Å²) in [5, 5.41) is 1.69.